The molecule has 0 spiro atoms. The zero-order valence-corrected chi connectivity index (χ0v) is 10.2. The highest BCUT2D eigenvalue weighted by Gasteiger charge is 2.14. The van der Waals surface area contributed by atoms with Gasteiger partial charge in [-0.05, 0) is 38.3 Å². The summed E-state index contributed by atoms with van der Waals surface area (Å²) in [5, 5.41) is 13.4. The fraction of sp³-hybridized carbons (Fsp3) is 0.571. The summed E-state index contributed by atoms with van der Waals surface area (Å²) in [5.74, 6) is 0.431. The Hall–Kier alpha value is -1.18. The van der Waals surface area contributed by atoms with Crippen molar-refractivity contribution in [1.82, 2.24) is 0 Å². The molecule has 2 nitrogen and oxygen atoms in total. The molecule has 0 atom stereocenters. The lowest BCUT2D eigenvalue weighted by atomic mass is 9.95. The largest absolute Gasteiger partial charge is 0.507 e. The first-order valence-electron chi connectivity index (χ1n) is 6.24. The van der Waals surface area contributed by atoms with Crippen molar-refractivity contribution in [3.63, 3.8) is 0 Å². The molecule has 1 aliphatic carbocycles. The van der Waals surface area contributed by atoms with Crippen LogP contribution in [0.2, 0.25) is 0 Å². The van der Waals surface area contributed by atoms with Gasteiger partial charge >= 0.3 is 0 Å². The van der Waals surface area contributed by atoms with Crippen LogP contribution in [0.4, 0.5) is 5.69 Å². The Morgan fingerprint density at radius 1 is 1.12 bits per heavy atom. The van der Waals surface area contributed by atoms with E-state index < -0.39 is 0 Å². The third-order valence-electron chi connectivity index (χ3n) is 3.60. The zero-order valence-electron chi connectivity index (χ0n) is 10.2. The predicted octanol–water partition coefficient (Wildman–Crippen LogP) is 3.75. The van der Waals surface area contributed by atoms with Crippen molar-refractivity contribution in [3.05, 3.63) is 23.3 Å². The summed E-state index contributed by atoms with van der Waals surface area (Å²) in [6, 6.07) is 4.65. The lowest BCUT2D eigenvalue weighted by molar-refractivity contribution is 0.458. The Bertz CT molecular complexity index is 367. The summed E-state index contributed by atoms with van der Waals surface area (Å²) < 4.78 is 0. The van der Waals surface area contributed by atoms with E-state index in [1.807, 2.05) is 19.9 Å². The number of rotatable bonds is 2. The van der Waals surface area contributed by atoms with Gasteiger partial charge in [-0.2, -0.15) is 0 Å². The smallest absolute Gasteiger partial charge is 0.123 e. The number of benzene rings is 1. The first-order valence-corrected chi connectivity index (χ1v) is 6.24. The number of hydrogen-bond acceptors (Lipinski definition) is 2. The maximum atomic E-state index is 9.88. The van der Waals surface area contributed by atoms with Crippen molar-refractivity contribution >= 4 is 5.69 Å². The molecule has 0 heterocycles. The number of aryl methyl sites for hydroxylation is 1. The van der Waals surface area contributed by atoms with Gasteiger partial charge in [0.2, 0.25) is 0 Å². The highest BCUT2D eigenvalue weighted by molar-refractivity contribution is 5.59. The SMILES string of the molecule is Cc1ccc(NC2CCCCC2)c(C)c1O. The minimum atomic E-state index is 0.431. The van der Waals surface area contributed by atoms with Crippen LogP contribution in [0.1, 0.15) is 43.2 Å². The van der Waals surface area contributed by atoms with E-state index in [0.717, 1.165) is 16.8 Å². The second kappa shape index (κ2) is 4.77. The van der Waals surface area contributed by atoms with Crippen molar-refractivity contribution < 1.29 is 5.11 Å². The Balaban J connectivity index is 2.11. The Morgan fingerprint density at radius 3 is 2.50 bits per heavy atom. The van der Waals surface area contributed by atoms with E-state index in [9.17, 15) is 5.11 Å². The molecule has 0 saturated heterocycles. The van der Waals surface area contributed by atoms with E-state index in [1.165, 1.54) is 32.1 Å². The molecule has 2 rings (SSSR count). The van der Waals surface area contributed by atoms with Crippen LogP contribution < -0.4 is 5.32 Å². The molecule has 1 aromatic rings. The molecule has 0 amide bonds. The minimum absolute atomic E-state index is 0.431. The molecule has 0 aliphatic heterocycles. The summed E-state index contributed by atoms with van der Waals surface area (Å²) in [6.45, 7) is 3.92. The fourth-order valence-corrected chi connectivity index (χ4v) is 2.46. The molecule has 1 saturated carbocycles. The molecule has 2 N–H and O–H groups in total. The second-order valence-electron chi connectivity index (χ2n) is 4.88. The van der Waals surface area contributed by atoms with Gasteiger partial charge in [-0.25, -0.2) is 0 Å². The standard InChI is InChI=1S/C14H21NO/c1-10-8-9-13(11(2)14(10)16)15-12-6-4-3-5-7-12/h8-9,12,15-16H,3-7H2,1-2H3. The maximum absolute atomic E-state index is 9.88. The fourth-order valence-electron chi connectivity index (χ4n) is 2.46. The molecule has 0 unspecified atom stereocenters. The van der Waals surface area contributed by atoms with Crippen LogP contribution in [-0.4, -0.2) is 11.1 Å². The molecule has 1 aliphatic rings. The molecule has 0 bridgehead atoms. The summed E-state index contributed by atoms with van der Waals surface area (Å²) in [7, 11) is 0. The van der Waals surface area contributed by atoms with Gasteiger partial charge in [-0.15, -0.1) is 0 Å². The normalized spacial score (nSPS) is 17.4. The minimum Gasteiger partial charge on any atom is -0.507 e. The monoisotopic (exact) mass is 219 g/mol. The van der Waals surface area contributed by atoms with Crippen LogP contribution >= 0.6 is 0 Å². The van der Waals surface area contributed by atoms with E-state index in [4.69, 9.17) is 0 Å². The lowest BCUT2D eigenvalue weighted by Crippen LogP contribution is -2.22. The number of nitrogens with one attached hydrogen (secondary N) is 1. The van der Waals surface area contributed by atoms with Crippen LogP contribution in [0.15, 0.2) is 12.1 Å². The lowest BCUT2D eigenvalue weighted by Gasteiger charge is -2.25. The van der Waals surface area contributed by atoms with E-state index in [0.29, 0.717) is 11.8 Å². The van der Waals surface area contributed by atoms with Crippen LogP contribution in [0, 0.1) is 13.8 Å². The summed E-state index contributed by atoms with van der Waals surface area (Å²) in [5.41, 5.74) is 3.02. The van der Waals surface area contributed by atoms with Gasteiger partial charge in [0.25, 0.3) is 0 Å². The van der Waals surface area contributed by atoms with Gasteiger partial charge in [-0.3, -0.25) is 0 Å². The third-order valence-corrected chi connectivity index (χ3v) is 3.60. The predicted molar refractivity (Wildman–Crippen MR) is 68.1 cm³/mol. The Morgan fingerprint density at radius 2 is 1.81 bits per heavy atom. The zero-order chi connectivity index (χ0) is 11.5. The second-order valence-corrected chi connectivity index (χ2v) is 4.88. The molecule has 0 radical (unpaired) electrons. The molecule has 1 fully saturated rings. The van der Waals surface area contributed by atoms with Crippen LogP contribution in [-0.2, 0) is 0 Å². The Labute approximate surface area is 97.7 Å². The highest BCUT2D eigenvalue weighted by atomic mass is 16.3. The van der Waals surface area contributed by atoms with Gasteiger partial charge < -0.3 is 10.4 Å². The van der Waals surface area contributed by atoms with Crippen LogP contribution in [0.25, 0.3) is 0 Å². The van der Waals surface area contributed by atoms with Gasteiger partial charge in [0.1, 0.15) is 5.75 Å². The molecule has 2 heteroatoms. The van der Waals surface area contributed by atoms with Gasteiger partial charge in [0.15, 0.2) is 0 Å². The van der Waals surface area contributed by atoms with Gasteiger partial charge in [0.05, 0.1) is 0 Å². The number of phenolic OH excluding ortho intramolecular Hbond substituents is 1. The number of phenols is 1. The summed E-state index contributed by atoms with van der Waals surface area (Å²) in [4.78, 5) is 0. The number of anilines is 1. The van der Waals surface area contributed by atoms with Crippen molar-refractivity contribution in [2.45, 2.75) is 52.0 Å². The molecule has 88 valence electrons. The van der Waals surface area contributed by atoms with Crippen molar-refractivity contribution in [2.24, 2.45) is 0 Å². The first kappa shape index (κ1) is 11.3. The molecule has 16 heavy (non-hydrogen) atoms. The third kappa shape index (κ3) is 2.31. The summed E-state index contributed by atoms with van der Waals surface area (Å²) in [6.07, 6.45) is 6.54. The summed E-state index contributed by atoms with van der Waals surface area (Å²) >= 11 is 0. The van der Waals surface area contributed by atoms with Gasteiger partial charge in [-0.1, -0.05) is 25.3 Å². The quantitative estimate of drug-likeness (QED) is 0.794. The van der Waals surface area contributed by atoms with Crippen molar-refractivity contribution in [1.29, 1.82) is 0 Å². The van der Waals surface area contributed by atoms with E-state index in [2.05, 4.69) is 11.4 Å². The van der Waals surface area contributed by atoms with Gasteiger partial charge in [0, 0.05) is 17.3 Å². The van der Waals surface area contributed by atoms with E-state index in [1.54, 1.807) is 0 Å². The van der Waals surface area contributed by atoms with Crippen LogP contribution in [0.3, 0.4) is 0 Å². The Kier molecular flexibility index (Phi) is 3.37. The molecular formula is C14H21NO. The van der Waals surface area contributed by atoms with E-state index >= 15 is 0 Å². The number of aromatic hydroxyl groups is 1. The molecule has 0 aromatic heterocycles. The molecule has 1 aromatic carbocycles. The maximum Gasteiger partial charge on any atom is 0.123 e. The number of hydrogen-bond donors (Lipinski definition) is 2. The topological polar surface area (TPSA) is 32.3 Å². The average Bonchev–Trinajstić information content (AvgIpc) is 2.31. The van der Waals surface area contributed by atoms with E-state index in [-0.39, 0.29) is 0 Å². The molecular weight excluding hydrogens is 198 g/mol. The van der Waals surface area contributed by atoms with Crippen LogP contribution in [0.5, 0.6) is 5.75 Å². The average molecular weight is 219 g/mol. The first-order chi connectivity index (χ1) is 7.68. The van der Waals surface area contributed by atoms with Crippen molar-refractivity contribution in [3.8, 4) is 5.75 Å². The van der Waals surface area contributed by atoms with Crippen molar-refractivity contribution in [2.75, 3.05) is 5.32 Å². The highest BCUT2D eigenvalue weighted by Crippen LogP contribution is 2.30.